The van der Waals surface area contributed by atoms with E-state index in [0.29, 0.717) is 13.1 Å². The van der Waals surface area contributed by atoms with Crippen molar-refractivity contribution >= 4 is 5.91 Å². The fourth-order valence-electron chi connectivity index (χ4n) is 1.93. The molecule has 1 heterocycles. The van der Waals surface area contributed by atoms with Gasteiger partial charge >= 0.3 is 0 Å². The standard InChI is InChI=1S/C12H20N2O/c1-4-8-14(9-5-2)11(15)12(3)6-7-13-10-12/h4-5,13H,1-2,6-10H2,3H3. The van der Waals surface area contributed by atoms with E-state index >= 15 is 0 Å². The normalized spacial score (nSPS) is 24.9. The van der Waals surface area contributed by atoms with Crippen molar-refractivity contribution in [3.63, 3.8) is 0 Å². The van der Waals surface area contributed by atoms with Crippen molar-refractivity contribution in [2.24, 2.45) is 5.41 Å². The highest BCUT2D eigenvalue weighted by Crippen LogP contribution is 2.27. The third-order valence-electron chi connectivity index (χ3n) is 2.87. The molecular formula is C12H20N2O. The summed E-state index contributed by atoms with van der Waals surface area (Å²) in [5, 5.41) is 3.23. The largest absolute Gasteiger partial charge is 0.335 e. The van der Waals surface area contributed by atoms with Crippen molar-refractivity contribution in [3.05, 3.63) is 25.3 Å². The van der Waals surface area contributed by atoms with Gasteiger partial charge in [-0.15, -0.1) is 13.2 Å². The summed E-state index contributed by atoms with van der Waals surface area (Å²) in [7, 11) is 0. The molecule has 0 aromatic heterocycles. The van der Waals surface area contributed by atoms with Crippen LogP contribution >= 0.6 is 0 Å². The van der Waals surface area contributed by atoms with Crippen LogP contribution in [0, 0.1) is 5.41 Å². The highest BCUT2D eigenvalue weighted by molar-refractivity contribution is 5.83. The minimum atomic E-state index is -0.244. The number of rotatable bonds is 5. The molecule has 1 fully saturated rings. The maximum atomic E-state index is 12.2. The summed E-state index contributed by atoms with van der Waals surface area (Å²) < 4.78 is 0. The lowest BCUT2D eigenvalue weighted by Crippen LogP contribution is -2.43. The lowest BCUT2D eigenvalue weighted by molar-refractivity contribution is -0.139. The van der Waals surface area contributed by atoms with Gasteiger partial charge in [-0.1, -0.05) is 12.2 Å². The smallest absolute Gasteiger partial charge is 0.230 e. The van der Waals surface area contributed by atoms with Crippen molar-refractivity contribution in [1.29, 1.82) is 0 Å². The van der Waals surface area contributed by atoms with E-state index in [-0.39, 0.29) is 11.3 Å². The van der Waals surface area contributed by atoms with Gasteiger partial charge in [-0.05, 0) is 19.9 Å². The van der Waals surface area contributed by atoms with Crippen molar-refractivity contribution in [1.82, 2.24) is 10.2 Å². The van der Waals surface area contributed by atoms with Crippen molar-refractivity contribution in [2.45, 2.75) is 13.3 Å². The number of nitrogens with one attached hydrogen (secondary N) is 1. The van der Waals surface area contributed by atoms with Crippen molar-refractivity contribution in [2.75, 3.05) is 26.2 Å². The monoisotopic (exact) mass is 208 g/mol. The van der Waals surface area contributed by atoms with Gasteiger partial charge in [0.15, 0.2) is 0 Å². The van der Waals surface area contributed by atoms with E-state index in [9.17, 15) is 4.79 Å². The van der Waals surface area contributed by atoms with Crippen LogP contribution in [0.5, 0.6) is 0 Å². The van der Waals surface area contributed by atoms with Crippen LogP contribution in [0.15, 0.2) is 25.3 Å². The second-order valence-corrected chi connectivity index (χ2v) is 4.27. The molecule has 0 aliphatic carbocycles. The lowest BCUT2D eigenvalue weighted by atomic mass is 9.88. The van der Waals surface area contributed by atoms with Crippen molar-refractivity contribution in [3.8, 4) is 0 Å². The van der Waals surface area contributed by atoms with Gasteiger partial charge in [0, 0.05) is 19.6 Å². The Morgan fingerprint density at radius 2 is 2.07 bits per heavy atom. The Morgan fingerprint density at radius 3 is 2.47 bits per heavy atom. The molecular weight excluding hydrogens is 188 g/mol. The predicted molar refractivity (Wildman–Crippen MR) is 62.6 cm³/mol. The first kappa shape index (κ1) is 12.0. The topological polar surface area (TPSA) is 32.3 Å². The molecule has 1 unspecified atom stereocenters. The van der Waals surface area contributed by atoms with E-state index in [2.05, 4.69) is 18.5 Å². The zero-order valence-electron chi connectivity index (χ0n) is 9.46. The van der Waals surface area contributed by atoms with Crippen LogP contribution in [-0.4, -0.2) is 37.0 Å². The molecule has 0 spiro atoms. The van der Waals surface area contributed by atoms with Crippen LogP contribution in [-0.2, 0) is 4.79 Å². The van der Waals surface area contributed by atoms with Crippen LogP contribution in [0.3, 0.4) is 0 Å². The van der Waals surface area contributed by atoms with Gasteiger partial charge < -0.3 is 10.2 Å². The Balaban J connectivity index is 2.69. The summed E-state index contributed by atoms with van der Waals surface area (Å²) in [4.78, 5) is 14.0. The predicted octanol–water partition coefficient (Wildman–Crippen LogP) is 1.19. The van der Waals surface area contributed by atoms with Crippen LogP contribution in [0.4, 0.5) is 0 Å². The first-order valence-electron chi connectivity index (χ1n) is 5.36. The second-order valence-electron chi connectivity index (χ2n) is 4.27. The quantitative estimate of drug-likeness (QED) is 0.688. The molecule has 0 bridgehead atoms. The Morgan fingerprint density at radius 1 is 1.47 bits per heavy atom. The van der Waals surface area contributed by atoms with E-state index < -0.39 is 0 Å². The molecule has 1 aliphatic rings. The average molecular weight is 208 g/mol. The van der Waals surface area contributed by atoms with Crippen LogP contribution < -0.4 is 5.32 Å². The minimum Gasteiger partial charge on any atom is -0.335 e. The first-order valence-corrected chi connectivity index (χ1v) is 5.36. The number of nitrogens with zero attached hydrogens (tertiary/aromatic N) is 1. The molecule has 1 saturated heterocycles. The van der Waals surface area contributed by atoms with Gasteiger partial charge in [-0.3, -0.25) is 4.79 Å². The van der Waals surface area contributed by atoms with E-state index in [4.69, 9.17) is 0 Å². The third-order valence-corrected chi connectivity index (χ3v) is 2.87. The fraction of sp³-hybridized carbons (Fsp3) is 0.583. The molecule has 1 rings (SSSR count). The molecule has 3 heteroatoms. The molecule has 1 amide bonds. The summed E-state index contributed by atoms with van der Waals surface area (Å²) >= 11 is 0. The maximum Gasteiger partial charge on any atom is 0.230 e. The van der Waals surface area contributed by atoms with E-state index in [0.717, 1.165) is 19.5 Å². The minimum absolute atomic E-state index is 0.201. The van der Waals surface area contributed by atoms with E-state index in [1.807, 2.05) is 6.92 Å². The Kier molecular flexibility index (Phi) is 4.09. The lowest BCUT2D eigenvalue weighted by Gasteiger charge is -2.29. The number of carbonyl (C=O) groups is 1. The SMILES string of the molecule is C=CCN(CC=C)C(=O)C1(C)CCNC1. The second kappa shape index (κ2) is 5.12. The molecule has 0 radical (unpaired) electrons. The van der Waals surface area contributed by atoms with E-state index in [1.165, 1.54) is 0 Å². The van der Waals surface area contributed by atoms with Gasteiger partial charge in [0.25, 0.3) is 0 Å². The van der Waals surface area contributed by atoms with Crippen LogP contribution in [0.2, 0.25) is 0 Å². The molecule has 84 valence electrons. The van der Waals surface area contributed by atoms with Crippen LogP contribution in [0.1, 0.15) is 13.3 Å². The molecule has 1 aliphatic heterocycles. The number of hydrogen-bond donors (Lipinski definition) is 1. The summed E-state index contributed by atoms with van der Waals surface area (Å²) in [5.74, 6) is 0.201. The highest BCUT2D eigenvalue weighted by Gasteiger charge is 2.38. The zero-order valence-corrected chi connectivity index (χ0v) is 9.46. The maximum absolute atomic E-state index is 12.2. The van der Waals surface area contributed by atoms with Gasteiger partial charge in [-0.25, -0.2) is 0 Å². The number of hydrogen-bond acceptors (Lipinski definition) is 2. The molecule has 0 aromatic rings. The molecule has 0 aromatic carbocycles. The molecule has 3 nitrogen and oxygen atoms in total. The van der Waals surface area contributed by atoms with Gasteiger partial charge in [0.2, 0.25) is 5.91 Å². The molecule has 15 heavy (non-hydrogen) atoms. The van der Waals surface area contributed by atoms with Crippen molar-refractivity contribution < 1.29 is 4.79 Å². The summed E-state index contributed by atoms with van der Waals surface area (Å²) in [5.41, 5.74) is -0.244. The van der Waals surface area contributed by atoms with Gasteiger partial charge in [0.1, 0.15) is 0 Å². The summed E-state index contributed by atoms with van der Waals surface area (Å²) in [6.45, 7) is 12.3. The highest BCUT2D eigenvalue weighted by atomic mass is 16.2. The summed E-state index contributed by atoms with van der Waals surface area (Å²) in [6.07, 6.45) is 4.43. The van der Waals surface area contributed by atoms with Crippen LogP contribution in [0.25, 0.3) is 0 Å². The molecule has 0 saturated carbocycles. The Labute approximate surface area is 91.8 Å². The fourth-order valence-corrected chi connectivity index (χ4v) is 1.93. The summed E-state index contributed by atoms with van der Waals surface area (Å²) in [6, 6.07) is 0. The molecule has 1 N–H and O–H groups in total. The number of carbonyl (C=O) groups excluding carboxylic acids is 1. The number of amides is 1. The third kappa shape index (κ3) is 2.69. The van der Waals surface area contributed by atoms with E-state index in [1.54, 1.807) is 17.1 Å². The molecule has 1 atom stereocenters. The van der Waals surface area contributed by atoms with Gasteiger partial charge in [-0.2, -0.15) is 0 Å². The Bertz CT molecular complexity index is 244. The average Bonchev–Trinajstić information content (AvgIpc) is 2.65. The van der Waals surface area contributed by atoms with Gasteiger partial charge in [0.05, 0.1) is 5.41 Å². The Hall–Kier alpha value is -1.09. The first-order chi connectivity index (χ1) is 7.14. The zero-order chi connectivity index (χ0) is 11.3.